The molecule has 1 unspecified atom stereocenters. The smallest absolute Gasteiger partial charge is 0.140 e. The first-order chi connectivity index (χ1) is 7.22. The topological polar surface area (TPSA) is 17.1 Å². The lowest BCUT2D eigenvalue weighted by molar-refractivity contribution is -0.120. The molecule has 1 aliphatic rings. The molecule has 0 aromatic heterocycles. The molecule has 0 bridgehead atoms. The Labute approximate surface area is 91.5 Å². The third-order valence-electron chi connectivity index (χ3n) is 3.26. The second kappa shape index (κ2) is 4.18. The monoisotopic (exact) mass is 202 g/mol. The maximum absolute atomic E-state index is 11.9. The van der Waals surface area contributed by atoms with Crippen molar-refractivity contribution < 1.29 is 4.79 Å². The molecule has 0 saturated heterocycles. The van der Waals surface area contributed by atoms with E-state index in [1.807, 2.05) is 0 Å². The third-order valence-corrected chi connectivity index (χ3v) is 3.26. The average Bonchev–Trinajstić information content (AvgIpc) is 2.60. The number of rotatable bonds is 3. The fourth-order valence-electron chi connectivity index (χ4n) is 2.48. The molecule has 0 spiro atoms. The second-order valence-corrected chi connectivity index (χ2v) is 4.51. The number of ketones is 1. The summed E-state index contributed by atoms with van der Waals surface area (Å²) in [7, 11) is 0. The first-order valence-electron chi connectivity index (χ1n) is 5.84. The summed E-state index contributed by atoms with van der Waals surface area (Å²) in [6.07, 6.45) is 3.81. The van der Waals surface area contributed by atoms with Crippen molar-refractivity contribution in [1.29, 1.82) is 0 Å². The Hall–Kier alpha value is -1.11. The fraction of sp³-hybridized carbons (Fsp3) is 0.500. The molecule has 1 aliphatic carbocycles. The molecule has 0 heterocycles. The normalized spacial score (nSPS) is 18.9. The molecule has 0 N–H and O–H groups in total. The lowest BCUT2D eigenvalue weighted by Crippen LogP contribution is -2.09. The molecule has 80 valence electrons. The Kier molecular flexibility index (Phi) is 2.90. The Bertz CT molecular complexity index is 379. The van der Waals surface area contributed by atoms with Crippen LogP contribution in [0.25, 0.3) is 0 Å². The SMILES string of the molecule is CCCC(=O)C1CCc2ccc(C)cc21. The van der Waals surface area contributed by atoms with E-state index in [0.29, 0.717) is 5.78 Å². The predicted molar refractivity (Wildman–Crippen MR) is 62.2 cm³/mol. The quantitative estimate of drug-likeness (QED) is 0.734. The van der Waals surface area contributed by atoms with Gasteiger partial charge < -0.3 is 0 Å². The second-order valence-electron chi connectivity index (χ2n) is 4.51. The van der Waals surface area contributed by atoms with Crippen molar-refractivity contribution in [2.75, 3.05) is 0 Å². The number of hydrogen-bond donors (Lipinski definition) is 0. The van der Waals surface area contributed by atoms with Gasteiger partial charge in [0.25, 0.3) is 0 Å². The molecule has 0 fully saturated rings. The first-order valence-corrected chi connectivity index (χ1v) is 5.84. The van der Waals surface area contributed by atoms with Gasteiger partial charge in [0.1, 0.15) is 5.78 Å². The number of Topliss-reactive ketones (excluding diaryl/α,β-unsaturated/α-hetero) is 1. The van der Waals surface area contributed by atoms with Crippen molar-refractivity contribution in [3.05, 3.63) is 34.9 Å². The number of hydrogen-bond acceptors (Lipinski definition) is 1. The van der Waals surface area contributed by atoms with Crippen LogP contribution in [0.5, 0.6) is 0 Å². The zero-order valence-electron chi connectivity index (χ0n) is 9.55. The van der Waals surface area contributed by atoms with Gasteiger partial charge in [-0.25, -0.2) is 0 Å². The van der Waals surface area contributed by atoms with Crippen molar-refractivity contribution in [1.82, 2.24) is 0 Å². The van der Waals surface area contributed by atoms with Crippen molar-refractivity contribution >= 4 is 5.78 Å². The van der Waals surface area contributed by atoms with Gasteiger partial charge in [0, 0.05) is 12.3 Å². The lowest BCUT2D eigenvalue weighted by Gasteiger charge is -2.10. The highest BCUT2D eigenvalue weighted by molar-refractivity contribution is 5.86. The molecule has 0 amide bonds. The van der Waals surface area contributed by atoms with E-state index in [-0.39, 0.29) is 5.92 Å². The summed E-state index contributed by atoms with van der Waals surface area (Å²) >= 11 is 0. The van der Waals surface area contributed by atoms with Crippen LogP contribution in [0.15, 0.2) is 18.2 Å². The van der Waals surface area contributed by atoms with Gasteiger partial charge in [-0.3, -0.25) is 4.79 Å². The maximum Gasteiger partial charge on any atom is 0.140 e. The van der Waals surface area contributed by atoms with Crippen LogP contribution in [-0.2, 0) is 11.2 Å². The standard InChI is InChI=1S/C14H18O/c1-3-4-14(15)12-8-7-11-6-5-10(2)9-13(11)12/h5-6,9,12H,3-4,7-8H2,1-2H3. The third kappa shape index (κ3) is 1.97. The number of benzene rings is 1. The van der Waals surface area contributed by atoms with Crippen LogP contribution in [0, 0.1) is 6.92 Å². The highest BCUT2D eigenvalue weighted by Crippen LogP contribution is 2.35. The van der Waals surface area contributed by atoms with Gasteiger partial charge >= 0.3 is 0 Å². The number of carbonyl (C=O) groups is 1. The molecule has 1 atom stereocenters. The Morgan fingerprint density at radius 2 is 2.27 bits per heavy atom. The number of carbonyl (C=O) groups excluding carboxylic acids is 1. The highest BCUT2D eigenvalue weighted by Gasteiger charge is 2.27. The van der Waals surface area contributed by atoms with Crippen LogP contribution in [0.4, 0.5) is 0 Å². The van der Waals surface area contributed by atoms with Crippen molar-refractivity contribution in [2.24, 2.45) is 0 Å². The van der Waals surface area contributed by atoms with Crippen LogP contribution in [-0.4, -0.2) is 5.78 Å². The van der Waals surface area contributed by atoms with Gasteiger partial charge in [0.05, 0.1) is 0 Å². The fourth-order valence-corrected chi connectivity index (χ4v) is 2.48. The van der Waals surface area contributed by atoms with Gasteiger partial charge in [-0.1, -0.05) is 30.7 Å². The lowest BCUT2D eigenvalue weighted by atomic mass is 9.93. The molecule has 1 aromatic rings. The van der Waals surface area contributed by atoms with Crippen molar-refractivity contribution in [2.45, 2.75) is 45.4 Å². The largest absolute Gasteiger partial charge is 0.299 e. The molecule has 2 rings (SSSR count). The van der Waals surface area contributed by atoms with Crippen LogP contribution >= 0.6 is 0 Å². The van der Waals surface area contributed by atoms with E-state index in [2.05, 4.69) is 32.0 Å². The van der Waals surface area contributed by atoms with E-state index in [0.717, 1.165) is 25.7 Å². The van der Waals surface area contributed by atoms with Crippen LogP contribution in [0.3, 0.4) is 0 Å². The maximum atomic E-state index is 11.9. The zero-order valence-corrected chi connectivity index (χ0v) is 9.55. The summed E-state index contributed by atoms with van der Waals surface area (Å²) in [4.78, 5) is 11.9. The molecule has 1 heteroatoms. The number of fused-ring (bicyclic) bond motifs is 1. The summed E-state index contributed by atoms with van der Waals surface area (Å²) in [5.41, 5.74) is 3.95. The Morgan fingerprint density at radius 1 is 1.47 bits per heavy atom. The van der Waals surface area contributed by atoms with Crippen LogP contribution in [0.1, 0.15) is 48.8 Å². The van der Waals surface area contributed by atoms with Gasteiger partial charge in [-0.05, 0) is 37.3 Å². The van der Waals surface area contributed by atoms with Crippen molar-refractivity contribution in [3.63, 3.8) is 0 Å². The van der Waals surface area contributed by atoms with Gasteiger partial charge in [0.15, 0.2) is 0 Å². The molecule has 15 heavy (non-hydrogen) atoms. The van der Waals surface area contributed by atoms with Crippen molar-refractivity contribution in [3.8, 4) is 0 Å². The van der Waals surface area contributed by atoms with E-state index < -0.39 is 0 Å². The van der Waals surface area contributed by atoms with Gasteiger partial charge in [0.2, 0.25) is 0 Å². The first kappa shape index (κ1) is 10.4. The molecule has 1 nitrogen and oxygen atoms in total. The minimum absolute atomic E-state index is 0.194. The predicted octanol–water partition coefficient (Wildman–Crippen LogP) is 3.39. The van der Waals surface area contributed by atoms with E-state index in [1.54, 1.807) is 0 Å². The van der Waals surface area contributed by atoms with E-state index in [9.17, 15) is 4.79 Å². The summed E-state index contributed by atoms with van der Waals surface area (Å²) in [6, 6.07) is 6.52. The minimum Gasteiger partial charge on any atom is -0.299 e. The zero-order chi connectivity index (χ0) is 10.8. The molecular formula is C14H18O. The van der Waals surface area contributed by atoms with Gasteiger partial charge in [-0.2, -0.15) is 0 Å². The highest BCUT2D eigenvalue weighted by atomic mass is 16.1. The summed E-state index contributed by atoms with van der Waals surface area (Å²) in [5.74, 6) is 0.627. The summed E-state index contributed by atoms with van der Waals surface area (Å²) in [5, 5.41) is 0. The van der Waals surface area contributed by atoms with Crippen LogP contribution in [0.2, 0.25) is 0 Å². The summed E-state index contributed by atoms with van der Waals surface area (Å²) < 4.78 is 0. The molecule has 0 aliphatic heterocycles. The number of aryl methyl sites for hydroxylation is 2. The molecule has 0 saturated carbocycles. The molecular weight excluding hydrogens is 184 g/mol. The molecule has 0 radical (unpaired) electrons. The van der Waals surface area contributed by atoms with Gasteiger partial charge in [-0.15, -0.1) is 0 Å². The Morgan fingerprint density at radius 3 is 3.00 bits per heavy atom. The van der Waals surface area contributed by atoms with E-state index in [4.69, 9.17) is 0 Å². The van der Waals surface area contributed by atoms with E-state index in [1.165, 1.54) is 16.7 Å². The minimum atomic E-state index is 0.194. The van der Waals surface area contributed by atoms with E-state index >= 15 is 0 Å². The average molecular weight is 202 g/mol. The molecule has 1 aromatic carbocycles. The van der Waals surface area contributed by atoms with Crippen LogP contribution < -0.4 is 0 Å². The summed E-state index contributed by atoms with van der Waals surface area (Å²) in [6.45, 7) is 4.17. The Balaban J connectivity index is 2.27.